The lowest BCUT2D eigenvalue weighted by molar-refractivity contribution is 0.146. The molecule has 3 nitrogen and oxygen atoms in total. The number of halogens is 1. The summed E-state index contributed by atoms with van der Waals surface area (Å²) in [5.74, 6) is 0. The van der Waals surface area contributed by atoms with Crippen molar-refractivity contribution in [2.45, 2.75) is 18.6 Å². The highest BCUT2D eigenvalue weighted by Crippen LogP contribution is 2.28. The first-order valence-electron chi connectivity index (χ1n) is 6.57. The molecule has 5 heteroatoms. The lowest BCUT2D eigenvalue weighted by Crippen LogP contribution is -2.30. The average molecular weight is 321 g/mol. The van der Waals surface area contributed by atoms with Crippen LogP contribution in [0.4, 0.5) is 0 Å². The molecule has 0 aliphatic heterocycles. The Balaban J connectivity index is 0.00000161. The molecule has 2 atom stereocenters. The average Bonchev–Trinajstić information content (AvgIpc) is 2.91. The van der Waals surface area contributed by atoms with Crippen molar-refractivity contribution in [1.29, 1.82) is 0 Å². The summed E-state index contributed by atoms with van der Waals surface area (Å²) >= 11 is 1.50. The van der Waals surface area contributed by atoms with Gasteiger partial charge >= 0.3 is 0 Å². The topological polar surface area (TPSA) is 59.1 Å². The van der Waals surface area contributed by atoms with Crippen molar-refractivity contribution in [3.05, 3.63) is 65.2 Å². The van der Waals surface area contributed by atoms with Crippen molar-refractivity contribution in [1.82, 2.24) is 4.98 Å². The number of para-hydroxylation sites is 1. The molecule has 0 aliphatic rings. The lowest BCUT2D eigenvalue weighted by atomic mass is 10.0. The zero-order valence-corrected chi connectivity index (χ0v) is 13.0. The zero-order chi connectivity index (χ0) is 13.9. The monoisotopic (exact) mass is 320 g/mol. The van der Waals surface area contributed by atoms with Gasteiger partial charge in [0.2, 0.25) is 0 Å². The molecule has 0 fully saturated rings. The number of aromatic nitrogens is 1. The Morgan fingerprint density at radius 1 is 1.05 bits per heavy atom. The molecule has 1 aromatic heterocycles. The van der Waals surface area contributed by atoms with E-state index < -0.39 is 6.10 Å². The molecule has 0 amide bonds. The van der Waals surface area contributed by atoms with Gasteiger partial charge in [-0.05, 0) is 24.1 Å². The van der Waals surface area contributed by atoms with E-state index in [4.69, 9.17) is 5.73 Å². The van der Waals surface area contributed by atoms with Crippen LogP contribution in [0.3, 0.4) is 0 Å². The van der Waals surface area contributed by atoms with Gasteiger partial charge in [0, 0.05) is 6.04 Å². The first-order valence-corrected chi connectivity index (χ1v) is 7.39. The summed E-state index contributed by atoms with van der Waals surface area (Å²) in [5.41, 5.74) is 8.16. The number of thiazole rings is 1. The van der Waals surface area contributed by atoms with Crippen LogP contribution >= 0.6 is 23.7 Å². The van der Waals surface area contributed by atoms with Gasteiger partial charge in [0.1, 0.15) is 11.1 Å². The van der Waals surface area contributed by atoms with E-state index in [1.165, 1.54) is 11.3 Å². The van der Waals surface area contributed by atoms with Crippen LogP contribution in [0.2, 0.25) is 0 Å². The normalized spacial score (nSPS) is 13.6. The third-order valence-corrected chi connectivity index (χ3v) is 4.39. The van der Waals surface area contributed by atoms with Crippen LogP contribution in [0.5, 0.6) is 0 Å². The van der Waals surface area contributed by atoms with E-state index in [1.54, 1.807) is 0 Å². The standard InChI is InChI=1S/C16H16N2OS.ClH/c17-12(10-11-6-2-1-3-7-11)15(19)16-18-13-8-4-5-9-14(13)20-16;/h1-9,12,15,19H,10,17H2;1H/t12-,15?;/m0./s1. The number of benzene rings is 2. The van der Waals surface area contributed by atoms with Crippen molar-refractivity contribution < 1.29 is 5.11 Å². The molecule has 3 rings (SSSR count). The Kier molecular flexibility index (Phi) is 5.31. The Morgan fingerprint density at radius 3 is 2.43 bits per heavy atom. The molecule has 3 N–H and O–H groups in total. The summed E-state index contributed by atoms with van der Waals surface area (Å²) in [4.78, 5) is 4.46. The van der Waals surface area contributed by atoms with Gasteiger partial charge in [0.25, 0.3) is 0 Å². The van der Waals surface area contributed by atoms with Crippen LogP contribution in [0.15, 0.2) is 54.6 Å². The predicted molar refractivity (Wildman–Crippen MR) is 89.9 cm³/mol. The molecule has 110 valence electrons. The Morgan fingerprint density at radius 2 is 1.71 bits per heavy atom. The molecule has 0 radical (unpaired) electrons. The first-order chi connectivity index (χ1) is 9.74. The SMILES string of the molecule is Cl.N[C@@H](Cc1ccccc1)C(O)c1nc2ccccc2s1. The predicted octanol–water partition coefficient (Wildman–Crippen LogP) is 3.32. The van der Waals surface area contributed by atoms with Crippen molar-refractivity contribution in [2.24, 2.45) is 5.73 Å². The maximum Gasteiger partial charge on any atom is 0.124 e. The van der Waals surface area contributed by atoms with E-state index in [2.05, 4.69) is 4.98 Å². The summed E-state index contributed by atoms with van der Waals surface area (Å²) in [6, 6.07) is 17.5. The van der Waals surface area contributed by atoms with Gasteiger partial charge < -0.3 is 10.8 Å². The molecule has 1 unspecified atom stereocenters. The molecular weight excluding hydrogens is 304 g/mol. The molecule has 2 aromatic carbocycles. The summed E-state index contributed by atoms with van der Waals surface area (Å²) < 4.78 is 1.08. The Hall–Kier alpha value is -1.46. The third kappa shape index (κ3) is 3.60. The minimum Gasteiger partial charge on any atom is -0.384 e. The molecule has 21 heavy (non-hydrogen) atoms. The molecule has 0 spiro atoms. The number of nitrogens with zero attached hydrogens (tertiary/aromatic N) is 1. The summed E-state index contributed by atoms with van der Waals surface area (Å²) in [5, 5.41) is 11.1. The van der Waals surface area contributed by atoms with Gasteiger partial charge in [0.05, 0.1) is 10.2 Å². The number of fused-ring (bicyclic) bond motifs is 1. The number of nitrogens with two attached hydrogens (primary N) is 1. The highest BCUT2D eigenvalue weighted by atomic mass is 35.5. The molecule has 0 bridgehead atoms. The second kappa shape index (κ2) is 7.00. The largest absolute Gasteiger partial charge is 0.384 e. The van der Waals surface area contributed by atoms with Gasteiger partial charge in [-0.15, -0.1) is 23.7 Å². The molecule has 3 aromatic rings. The summed E-state index contributed by atoms with van der Waals surface area (Å²) in [6.07, 6.45) is -0.0922. The second-order valence-electron chi connectivity index (χ2n) is 4.82. The lowest BCUT2D eigenvalue weighted by Gasteiger charge is -2.16. The highest BCUT2D eigenvalue weighted by Gasteiger charge is 2.21. The van der Waals surface area contributed by atoms with Crippen molar-refractivity contribution >= 4 is 34.0 Å². The van der Waals surface area contributed by atoms with Crippen LogP contribution < -0.4 is 5.73 Å². The van der Waals surface area contributed by atoms with Crippen LogP contribution in [0.25, 0.3) is 10.2 Å². The van der Waals surface area contributed by atoms with Gasteiger partial charge in [-0.3, -0.25) is 0 Å². The first kappa shape index (κ1) is 15.9. The fourth-order valence-corrected chi connectivity index (χ4v) is 3.23. The van der Waals surface area contributed by atoms with E-state index in [9.17, 15) is 5.11 Å². The summed E-state index contributed by atoms with van der Waals surface area (Å²) in [6.45, 7) is 0. The second-order valence-corrected chi connectivity index (χ2v) is 5.88. The van der Waals surface area contributed by atoms with Gasteiger partial charge in [0.15, 0.2) is 0 Å². The molecular formula is C16H17ClN2OS. The van der Waals surface area contributed by atoms with Gasteiger partial charge in [-0.25, -0.2) is 4.98 Å². The van der Waals surface area contributed by atoms with E-state index >= 15 is 0 Å². The smallest absolute Gasteiger partial charge is 0.124 e. The Bertz CT molecular complexity index is 669. The maximum absolute atomic E-state index is 10.4. The van der Waals surface area contributed by atoms with Gasteiger partial charge in [-0.1, -0.05) is 42.5 Å². The molecule has 0 saturated heterocycles. The van der Waals surface area contributed by atoms with E-state index in [0.29, 0.717) is 11.4 Å². The van der Waals surface area contributed by atoms with E-state index in [0.717, 1.165) is 15.8 Å². The number of rotatable bonds is 4. The molecule has 1 heterocycles. The number of hydrogen-bond acceptors (Lipinski definition) is 4. The van der Waals surface area contributed by atoms with Crippen molar-refractivity contribution in [3.8, 4) is 0 Å². The number of hydrogen-bond donors (Lipinski definition) is 2. The van der Waals surface area contributed by atoms with Crippen molar-refractivity contribution in [2.75, 3.05) is 0 Å². The van der Waals surface area contributed by atoms with E-state index in [-0.39, 0.29) is 18.4 Å². The van der Waals surface area contributed by atoms with Gasteiger partial charge in [-0.2, -0.15) is 0 Å². The fourth-order valence-electron chi connectivity index (χ4n) is 2.20. The molecule has 0 aliphatic carbocycles. The quantitative estimate of drug-likeness (QED) is 0.775. The van der Waals surface area contributed by atoms with Crippen molar-refractivity contribution in [3.63, 3.8) is 0 Å². The molecule has 0 saturated carbocycles. The minimum atomic E-state index is -0.729. The maximum atomic E-state index is 10.4. The third-order valence-electron chi connectivity index (χ3n) is 3.28. The fraction of sp³-hybridized carbons (Fsp3) is 0.188. The summed E-state index contributed by atoms with van der Waals surface area (Å²) in [7, 11) is 0. The van der Waals surface area contributed by atoms with Crippen LogP contribution in [0, 0.1) is 0 Å². The zero-order valence-electron chi connectivity index (χ0n) is 11.3. The van der Waals surface area contributed by atoms with Crippen LogP contribution in [-0.4, -0.2) is 16.1 Å². The number of aliphatic hydroxyl groups is 1. The highest BCUT2D eigenvalue weighted by molar-refractivity contribution is 7.18. The van der Waals surface area contributed by atoms with Crippen LogP contribution in [-0.2, 0) is 6.42 Å². The Labute approximate surface area is 133 Å². The van der Waals surface area contributed by atoms with Crippen LogP contribution in [0.1, 0.15) is 16.7 Å². The minimum absolute atomic E-state index is 0. The number of aliphatic hydroxyl groups excluding tert-OH is 1. The van der Waals surface area contributed by atoms with E-state index in [1.807, 2.05) is 54.6 Å².